The van der Waals surface area contributed by atoms with Crippen LogP contribution in [0.4, 0.5) is 5.69 Å². The minimum absolute atomic E-state index is 0.0805. The van der Waals surface area contributed by atoms with Gasteiger partial charge in [-0.3, -0.25) is 0 Å². The molecule has 110 valence electrons. The fourth-order valence-corrected chi connectivity index (χ4v) is 2.60. The first-order valence-electron chi connectivity index (χ1n) is 6.03. The number of rotatable bonds is 5. The van der Waals surface area contributed by atoms with Crippen LogP contribution in [0, 0.1) is 6.92 Å². The molecule has 0 saturated carbocycles. The highest BCUT2D eigenvalue weighted by Crippen LogP contribution is 2.25. The SMILES string of the molecule is COc1ncc(C)cc1N[S+]([O-])c1cccc(C(=O)O)c1. The maximum atomic E-state index is 12.3. The highest BCUT2D eigenvalue weighted by molar-refractivity contribution is 7.92. The predicted molar refractivity (Wildman–Crippen MR) is 79.0 cm³/mol. The molecule has 1 heterocycles. The number of aromatic carboxylic acids is 1. The summed E-state index contributed by atoms with van der Waals surface area (Å²) in [5, 5.41) is 8.95. The Kier molecular flexibility index (Phi) is 4.66. The van der Waals surface area contributed by atoms with Gasteiger partial charge in [0, 0.05) is 12.3 Å². The zero-order valence-corrected chi connectivity index (χ0v) is 12.3. The molecule has 2 aromatic rings. The molecule has 1 aromatic heterocycles. The van der Waals surface area contributed by atoms with Crippen LogP contribution in [0.1, 0.15) is 15.9 Å². The quantitative estimate of drug-likeness (QED) is 0.823. The van der Waals surface area contributed by atoms with Crippen LogP contribution < -0.4 is 9.46 Å². The summed E-state index contributed by atoms with van der Waals surface area (Å²) in [6.07, 6.45) is 1.64. The van der Waals surface area contributed by atoms with Gasteiger partial charge in [0.05, 0.1) is 12.7 Å². The van der Waals surface area contributed by atoms with Crippen LogP contribution in [0.15, 0.2) is 41.4 Å². The number of methoxy groups -OCH3 is 1. The molecule has 0 bridgehead atoms. The zero-order valence-electron chi connectivity index (χ0n) is 11.5. The van der Waals surface area contributed by atoms with Gasteiger partial charge in [-0.15, -0.1) is 0 Å². The number of hydrogen-bond donors (Lipinski definition) is 2. The number of aryl methyl sites for hydroxylation is 1. The average Bonchev–Trinajstić information content (AvgIpc) is 2.47. The van der Waals surface area contributed by atoms with E-state index in [0.29, 0.717) is 16.5 Å². The lowest BCUT2D eigenvalue weighted by molar-refractivity contribution is 0.0696. The number of aromatic nitrogens is 1. The summed E-state index contributed by atoms with van der Waals surface area (Å²) < 4.78 is 20.2. The van der Waals surface area contributed by atoms with E-state index in [9.17, 15) is 9.35 Å². The van der Waals surface area contributed by atoms with E-state index in [1.54, 1.807) is 24.4 Å². The van der Waals surface area contributed by atoms with E-state index in [2.05, 4.69) is 9.71 Å². The van der Waals surface area contributed by atoms with Crippen molar-refractivity contribution in [3.8, 4) is 5.88 Å². The lowest BCUT2D eigenvalue weighted by Crippen LogP contribution is -2.15. The Morgan fingerprint density at radius 1 is 1.43 bits per heavy atom. The normalized spacial score (nSPS) is 11.8. The van der Waals surface area contributed by atoms with Crippen molar-refractivity contribution >= 4 is 23.0 Å². The lowest BCUT2D eigenvalue weighted by Gasteiger charge is -2.14. The number of pyridine rings is 1. The van der Waals surface area contributed by atoms with Gasteiger partial charge in [-0.25, -0.2) is 9.78 Å². The van der Waals surface area contributed by atoms with Gasteiger partial charge < -0.3 is 14.4 Å². The van der Waals surface area contributed by atoms with Gasteiger partial charge in [-0.2, -0.15) is 4.72 Å². The summed E-state index contributed by atoms with van der Waals surface area (Å²) in [5.41, 5.74) is 1.45. The molecular weight excluding hydrogens is 292 g/mol. The van der Waals surface area contributed by atoms with Gasteiger partial charge >= 0.3 is 5.97 Å². The molecule has 1 aromatic carbocycles. The Balaban J connectivity index is 2.25. The van der Waals surface area contributed by atoms with Crippen molar-refractivity contribution in [1.29, 1.82) is 0 Å². The Morgan fingerprint density at radius 3 is 2.86 bits per heavy atom. The van der Waals surface area contributed by atoms with Crippen molar-refractivity contribution in [2.45, 2.75) is 11.8 Å². The Morgan fingerprint density at radius 2 is 2.19 bits per heavy atom. The Bertz CT molecular complexity index is 663. The largest absolute Gasteiger partial charge is 0.588 e. The van der Waals surface area contributed by atoms with E-state index < -0.39 is 17.3 Å². The lowest BCUT2D eigenvalue weighted by atomic mass is 10.2. The second-order valence-corrected chi connectivity index (χ2v) is 5.49. The summed E-state index contributed by atoms with van der Waals surface area (Å²) in [7, 11) is 1.47. The van der Waals surface area contributed by atoms with Gasteiger partial charge in [0.1, 0.15) is 17.0 Å². The maximum absolute atomic E-state index is 12.3. The zero-order chi connectivity index (χ0) is 15.4. The molecular formula is C14H14N2O4S. The molecule has 0 radical (unpaired) electrons. The van der Waals surface area contributed by atoms with E-state index in [1.807, 2.05) is 6.92 Å². The first kappa shape index (κ1) is 15.1. The molecule has 0 saturated heterocycles. The third-order valence-electron chi connectivity index (χ3n) is 2.68. The number of benzene rings is 1. The number of hydrogen-bond acceptors (Lipinski definition) is 5. The Labute approximate surface area is 125 Å². The molecule has 0 spiro atoms. The van der Waals surface area contributed by atoms with Crippen LogP contribution in [0.5, 0.6) is 5.88 Å². The van der Waals surface area contributed by atoms with E-state index in [1.165, 1.54) is 19.2 Å². The van der Waals surface area contributed by atoms with Gasteiger partial charge in [0.25, 0.3) is 0 Å². The molecule has 0 fully saturated rings. The first-order chi connectivity index (χ1) is 10.0. The summed E-state index contributed by atoms with van der Waals surface area (Å²) >= 11 is -1.61. The molecule has 1 unspecified atom stereocenters. The summed E-state index contributed by atoms with van der Waals surface area (Å²) in [4.78, 5) is 15.4. The molecule has 0 amide bonds. The van der Waals surface area contributed by atoms with Crippen LogP contribution in [0.25, 0.3) is 0 Å². The first-order valence-corrected chi connectivity index (χ1v) is 7.18. The van der Waals surface area contributed by atoms with E-state index in [4.69, 9.17) is 9.84 Å². The fraction of sp³-hybridized carbons (Fsp3) is 0.143. The van der Waals surface area contributed by atoms with E-state index in [-0.39, 0.29) is 5.56 Å². The van der Waals surface area contributed by atoms with Gasteiger partial charge in [-0.05, 0) is 30.7 Å². The van der Waals surface area contributed by atoms with Crippen molar-refractivity contribution in [3.05, 3.63) is 47.7 Å². The van der Waals surface area contributed by atoms with E-state index in [0.717, 1.165) is 5.56 Å². The molecule has 1 atom stereocenters. The predicted octanol–water partition coefficient (Wildman–Crippen LogP) is 2.23. The number of carboxylic acids is 1. The number of carbonyl (C=O) groups is 1. The molecule has 2 rings (SSSR count). The summed E-state index contributed by atoms with van der Waals surface area (Å²) in [6, 6.07) is 7.69. The topological polar surface area (TPSA) is 94.5 Å². The van der Waals surface area contributed by atoms with Crippen LogP contribution >= 0.6 is 0 Å². The van der Waals surface area contributed by atoms with Crippen LogP contribution in [-0.4, -0.2) is 27.7 Å². The number of carboxylic acid groups (broad SMARTS) is 1. The fourth-order valence-electron chi connectivity index (χ4n) is 1.70. The van der Waals surface area contributed by atoms with Crippen molar-refractivity contribution in [2.24, 2.45) is 0 Å². The third kappa shape index (κ3) is 3.65. The Hall–Kier alpha value is -2.25. The molecule has 2 N–H and O–H groups in total. The van der Waals surface area contributed by atoms with E-state index >= 15 is 0 Å². The van der Waals surface area contributed by atoms with Crippen molar-refractivity contribution in [1.82, 2.24) is 4.98 Å². The second-order valence-electron chi connectivity index (χ2n) is 4.27. The van der Waals surface area contributed by atoms with Crippen LogP contribution in [0.3, 0.4) is 0 Å². The average molecular weight is 306 g/mol. The van der Waals surface area contributed by atoms with Crippen LogP contribution in [0.2, 0.25) is 0 Å². The monoisotopic (exact) mass is 306 g/mol. The number of ether oxygens (including phenoxy) is 1. The molecule has 0 aliphatic rings. The third-order valence-corrected chi connectivity index (χ3v) is 3.77. The standard InChI is InChI=1S/C14H14N2O4S/c1-9-6-12(13(20-2)15-8-9)16-21(19)11-5-3-4-10(7-11)14(17)18/h3-8,16H,1-2H3,(H,17,18). The second kappa shape index (κ2) is 6.47. The smallest absolute Gasteiger partial charge is 0.335 e. The number of nitrogens with one attached hydrogen (secondary N) is 1. The minimum atomic E-state index is -1.61. The summed E-state index contributed by atoms with van der Waals surface area (Å²) in [6.45, 7) is 1.85. The number of nitrogens with zero attached hydrogens (tertiary/aromatic N) is 1. The van der Waals surface area contributed by atoms with Gasteiger partial charge in [0.15, 0.2) is 4.90 Å². The van der Waals surface area contributed by atoms with Crippen molar-refractivity contribution < 1.29 is 19.2 Å². The highest BCUT2D eigenvalue weighted by Gasteiger charge is 2.17. The molecule has 7 heteroatoms. The summed E-state index contributed by atoms with van der Waals surface area (Å²) in [5.74, 6) is -0.744. The molecule has 21 heavy (non-hydrogen) atoms. The van der Waals surface area contributed by atoms with Crippen molar-refractivity contribution in [3.63, 3.8) is 0 Å². The molecule has 6 nitrogen and oxygen atoms in total. The van der Waals surface area contributed by atoms with Crippen molar-refractivity contribution in [2.75, 3.05) is 11.8 Å². The van der Waals surface area contributed by atoms with Gasteiger partial charge in [-0.1, -0.05) is 6.07 Å². The number of anilines is 1. The molecule has 0 aliphatic carbocycles. The van der Waals surface area contributed by atoms with Gasteiger partial charge in [0.2, 0.25) is 5.88 Å². The van der Waals surface area contributed by atoms with Crippen LogP contribution in [-0.2, 0) is 11.4 Å². The highest BCUT2D eigenvalue weighted by atomic mass is 32.2. The maximum Gasteiger partial charge on any atom is 0.335 e. The molecule has 0 aliphatic heterocycles. The minimum Gasteiger partial charge on any atom is -0.588 e.